The second-order valence-corrected chi connectivity index (χ2v) is 10.0. The van der Waals surface area contributed by atoms with Crippen LogP contribution in [0, 0.1) is 0 Å². The summed E-state index contributed by atoms with van der Waals surface area (Å²) in [5, 5.41) is 0.371. The van der Waals surface area contributed by atoms with Crippen LogP contribution in [0.2, 0.25) is 5.02 Å². The van der Waals surface area contributed by atoms with Gasteiger partial charge in [-0.2, -0.15) is 0 Å². The van der Waals surface area contributed by atoms with Crippen LogP contribution in [0.15, 0.2) is 71.6 Å². The summed E-state index contributed by atoms with van der Waals surface area (Å²) in [6.07, 6.45) is 0. The van der Waals surface area contributed by atoms with Crippen molar-refractivity contribution < 1.29 is 22.7 Å². The maximum absolute atomic E-state index is 13.0. The lowest BCUT2D eigenvalue weighted by molar-refractivity contribution is 0.0746. The number of benzene rings is 3. The summed E-state index contributed by atoms with van der Waals surface area (Å²) in [5.41, 5.74) is 1.66. The van der Waals surface area contributed by atoms with E-state index in [-0.39, 0.29) is 16.5 Å². The summed E-state index contributed by atoms with van der Waals surface area (Å²) in [7, 11) is -0.822. The molecule has 4 rings (SSSR count). The predicted molar refractivity (Wildman–Crippen MR) is 136 cm³/mol. The van der Waals surface area contributed by atoms with Crippen molar-refractivity contribution in [2.75, 3.05) is 50.0 Å². The predicted octanol–water partition coefficient (Wildman–Crippen LogP) is 4.12. The van der Waals surface area contributed by atoms with Crippen molar-refractivity contribution in [2.45, 2.75) is 4.90 Å². The number of rotatable bonds is 7. The number of methoxy groups -OCH3 is 2. The molecule has 1 aliphatic rings. The van der Waals surface area contributed by atoms with E-state index < -0.39 is 10.0 Å². The number of nitrogens with zero attached hydrogens (tertiary/aromatic N) is 2. The second kappa shape index (κ2) is 10.5. The minimum atomic E-state index is -3.91. The van der Waals surface area contributed by atoms with Crippen molar-refractivity contribution in [1.82, 2.24) is 4.90 Å². The molecule has 0 spiro atoms. The van der Waals surface area contributed by atoms with E-state index >= 15 is 0 Å². The normalized spacial score (nSPS) is 13.9. The van der Waals surface area contributed by atoms with Gasteiger partial charge in [0.1, 0.15) is 11.5 Å². The van der Waals surface area contributed by atoms with E-state index in [0.717, 1.165) is 11.4 Å². The first-order chi connectivity index (χ1) is 16.8. The maximum Gasteiger partial charge on any atom is 0.262 e. The highest BCUT2D eigenvalue weighted by atomic mass is 35.5. The Kier molecular flexibility index (Phi) is 7.37. The smallest absolute Gasteiger partial charge is 0.262 e. The van der Waals surface area contributed by atoms with Crippen LogP contribution < -0.4 is 19.1 Å². The van der Waals surface area contributed by atoms with E-state index in [2.05, 4.69) is 9.62 Å². The van der Waals surface area contributed by atoms with Crippen molar-refractivity contribution in [3.8, 4) is 11.5 Å². The summed E-state index contributed by atoms with van der Waals surface area (Å²) in [5.74, 6) is 1.00. The molecule has 1 saturated heterocycles. The minimum Gasteiger partial charge on any atom is -0.495 e. The third kappa shape index (κ3) is 5.47. The summed E-state index contributed by atoms with van der Waals surface area (Å²) in [4.78, 5) is 17.0. The minimum absolute atomic E-state index is 0.0251. The number of carbonyl (C=O) groups excluding carboxylic acids is 1. The first-order valence-electron chi connectivity index (χ1n) is 11.0. The maximum atomic E-state index is 13.0. The van der Waals surface area contributed by atoms with Gasteiger partial charge in [0.25, 0.3) is 15.9 Å². The molecule has 1 heterocycles. The first kappa shape index (κ1) is 24.7. The number of anilines is 2. The van der Waals surface area contributed by atoms with Crippen LogP contribution in [0.1, 0.15) is 10.4 Å². The van der Waals surface area contributed by atoms with Gasteiger partial charge in [0.2, 0.25) is 0 Å². The molecule has 10 heteroatoms. The van der Waals surface area contributed by atoms with Gasteiger partial charge in [-0.25, -0.2) is 8.42 Å². The van der Waals surface area contributed by atoms with Crippen LogP contribution in [0.25, 0.3) is 0 Å². The zero-order chi connectivity index (χ0) is 25.0. The van der Waals surface area contributed by atoms with E-state index in [9.17, 15) is 13.2 Å². The van der Waals surface area contributed by atoms with Crippen molar-refractivity contribution in [2.24, 2.45) is 0 Å². The Morgan fingerprint density at radius 3 is 2.20 bits per heavy atom. The van der Waals surface area contributed by atoms with Gasteiger partial charge >= 0.3 is 0 Å². The highest BCUT2D eigenvalue weighted by molar-refractivity contribution is 7.92. The molecule has 35 heavy (non-hydrogen) atoms. The standard InChI is InChI=1S/C25H26ClN3O5S/c1-33-23-12-9-19(26)17-21(23)27-35(31,32)20-10-7-18(8-11-20)25(30)29-15-13-28(14-16-29)22-5-3-4-6-24(22)34-2/h3-12,17,27H,13-16H2,1-2H3. The zero-order valence-electron chi connectivity index (χ0n) is 19.4. The molecule has 1 amide bonds. The summed E-state index contributed by atoms with van der Waals surface area (Å²) >= 11 is 6.00. The molecule has 0 bridgehead atoms. The number of amides is 1. The van der Waals surface area contributed by atoms with E-state index in [1.807, 2.05) is 24.3 Å². The zero-order valence-corrected chi connectivity index (χ0v) is 21.0. The Hall–Kier alpha value is -3.43. The van der Waals surface area contributed by atoms with Crippen LogP contribution in [0.4, 0.5) is 11.4 Å². The Morgan fingerprint density at radius 1 is 0.886 bits per heavy atom. The number of hydrogen-bond acceptors (Lipinski definition) is 6. The van der Waals surface area contributed by atoms with Gasteiger partial charge in [0.05, 0.1) is 30.5 Å². The Morgan fingerprint density at radius 2 is 1.54 bits per heavy atom. The number of hydrogen-bond donors (Lipinski definition) is 1. The molecule has 3 aromatic rings. The molecule has 3 aromatic carbocycles. The van der Waals surface area contributed by atoms with Gasteiger partial charge < -0.3 is 19.3 Å². The lowest BCUT2D eigenvalue weighted by atomic mass is 10.1. The van der Waals surface area contributed by atoms with Crippen molar-refractivity contribution in [3.63, 3.8) is 0 Å². The molecule has 8 nitrogen and oxygen atoms in total. The van der Waals surface area contributed by atoms with Gasteiger partial charge in [0, 0.05) is 36.8 Å². The van der Waals surface area contributed by atoms with Crippen molar-refractivity contribution in [1.29, 1.82) is 0 Å². The summed E-state index contributed by atoms with van der Waals surface area (Å²) in [6.45, 7) is 2.44. The molecule has 0 radical (unpaired) electrons. The Labute approximate surface area is 210 Å². The van der Waals surface area contributed by atoms with Crippen LogP contribution >= 0.6 is 11.6 Å². The molecule has 1 fully saturated rings. The highest BCUT2D eigenvalue weighted by Crippen LogP contribution is 2.30. The highest BCUT2D eigenvalue weighted by Gasteiger charge is 2.24. The second-order valence-electron chi connectivity index (χ2n) is 7.93. The molecule has 0 saturated carbocycles. The van der Waals surface area contributed by atoms with Crippen LogP contribution in [0.5, 0.6) is 11.5 Å². The van der Waals surface area contributed by atoms with Gasteiger partial charge in [-0.1, -0.05) is 23.7 Å². The van der Waals surface area contributed by atoms with Crippen LogP contribution in [-0.2, 0) is 10.0 Å². The number of nitrogens with one attached hydrogen (secondary N) is 1. The number of para-hydroxylation sites is 2. The van der Waals surface area contributed by atoms with Gasteiger partial charge in [-0.15, -0.1) is 0 Å². The number of sulfonamides is 1. The summed E-state index contributed by atoms with van der Waals surface area (Å²) < 4.78 is 38.9. The fourth-order valence-corrected chi connectivity index (χ4v) is 5.20. The molecule has 0 aromatic heterocycles. The van der Waals surface area contributed by atoms with Crippen LogP contribution in [-0.4, -0.2) is 59.6 Å². The SMILES string of the molecule is COc1ccc(Cl)cc1NS(=O)(=O)c1ccc(C(=O)N2CCN(c3ccccc3OC)CC2)cc1. The van der Waals surface area contributed by atoms with Crippen LogP contribution in [0.3, 0.4) is 0 Å². The van der Waals surface area contributed by atoms with Gasteiger partial charge in [-0.3, -0.25) is 9.52 Å². The molecule has 1 aliphatic heterocycles. The van der Waals surface area contributed by atoms with Crippen molar-refractivity contribution in [3.05, 3.63) is 77.3 Å². The molecule has 0 atom stereocenters. The molecule has 184 valence electrons. The Balaban J connectivity index is 1.42. The first-order valence-corrected chi connectivity index (χ1v) is 12.8. The van der Waals surface area contributed by atoms with E-state index in [4.69, 9.17) is 21.1 Å². The van der Waals surface area contributed by atoms with Gasteiger partial charge in [-0.05, 0) is 54.6 Å². The fraction of sp³-hybridized carbons (Fsp3) is 0.240. The monoisotopic (exact) mass is 515 g/mol. The topological polar surface area (TPSA) is 88.2 Å². The van der Waals surface area contributed by atoms with E-state index in [1.165, 1.54) is 37.4 Å². The number of carbonyl (C=O) groups is 1. The average molecular weight is 516 g/mol. The third-order valence-corrected chi connectivity index (χ3v) is 7.43. The quantitative estimate of drug-likeness (QED) is 0.509. The molecule has 1 N–H and O–H groups in total. The number of piperazine rings is 1. The lowest BCUT2D eigenvalue weighted by Gasteiger charge is -2.36. The number of halogens is 1. The van der Waals surface area contributed by atoms with E-state index in [1.54, 1.807) is 24.1 Å². The molecule has 0 aliphatic carbocycles. The molecule has 0 unspecified atom stereocenters. The average Bonchev–Trinajstić information content (AvgIpc) is 2.88. The van der Waals surface area contributed by atoms with E-state index in [0.29, 0.717) is 42.5 Å². The fourth-order valence-electron chi connectivity index (χ4n) is 3.96. The lowest BCUT2D eigenvalue weighted by Crippen LogP contribution is -2.48. The molecular weight excluding hydrogens is 490 g/mol. The number of ether oxygens (including phenoxy) is 2. The largest absolute Gasteiger partial charge is 0.495 e. The van der Waals surface area contributed by atoms with Crippen molar-refractivity contribution >= 4 is 38.9 Å². The molecular formula is C25H26ClN3O5S. The summed E-state index contributed by atoms with van der Waals surface area (Å²) in [6, 6.07) is 18.3. The third-order valence-electron chi connectivity index (χ3n) is 5.81. The van der Waals surface area contributed by atoms with Gasteiger partial charge in [0.15, 0.2) is 0 Å². The Bertz CT molecular complexity index is 1310.